The van der Waals surface area contributed by atoms with Crippen molar-refractivity contribution < 1.29 is 9.53 Å². The highest BCUT2D eigenvalue weighted by Crippen LogP contribution is 2.15. The first-order chi connectivity index (χ1) is 12.6. The Kier molecular flexibility index (Phi) is 8.25. The van der Waals surface area contributed by atoms with Crippen molar-refractivity contribution in [2.45, 2.75) is 40.0 Å². The molecule has 26 heavy (non-hydrogen) atoms. The normalized spacial score (nSPS) is 14.7. The maximum atomic E-state index is 11.6. The summed E-state index contributed by atoms with van der Waals surface area (Å²) in [5.41, 5.74) is 2.42. The van der Waals surface area contributed by atoms with Crippen molar-refractivity contribution in [1.29, 1.82) is 0 Å². The van der Waals surface area contributed by atoms with Gasteiger partial charge in [0.15, 0.2) is 5.96 Å². The fourth-order valence-corrected chi connectivity index (χ4v) is 3.09. The summed E-state index contributed by atoms with van der Waals surface area (Å²) in [5, 5.41) is 6.53. The van der Waals surface area contributed by atoms with Crippen LogP contribution in [-0.2, 0) is 4.79 Å². The molecule has 0 unspecified atom stereocenters. The Morgan fingerprint density at radius 3 is 2.65 bits per heavy atom. The van der Waals surface area contributed by atoms with E-state index in [4.69, 9.17) is 4.74 Å². The molecule has 1 amide bonds. The number of carbonyl (C=O) groups excluding carboxylic acids is 1. The molecular formula is C20H32N4O2. The Labute approximate surface area is 157 Å². The van der Waals surface area contributed by atoms with Gasteiger partial charge in [-0.05, 0) is 56.9 Å². The van der Waals surface area contributed by atoms with Crippen molar-refractivity contribution in [3.63, 3.8) is 0 Å². The topological polar surface area (TPSA) is 66.0 Å². The average molecular weight is 361 g/mol. The van der Waals surface area contributed by atoms with Gasteiger partial charge in [0, 0.05) is 32.6 Å². The van der Waals surface area contributed by atoms with Gasteiger partial charge in [0.05, 0.1) is 6.54 Å². The van der Waals surface area contributed by atoms with E-state index in [0.29, 0.717) is 26.1 Å². The van der Waals surface area contributed by atoms with Gasteiger partial charge in [-0.1, -0.05) is 6.07 Å². The molecule has 0 aromatic heterocycles. The molecule has 0 atom stereocenters. The number of amides is 1. The van der Waals surface area contributed by atoms with E-state index in [1.807, 2.05) is 24.0 Å². The number of ether oxygens (including phenoxy) is 1. The van der Waals surface area contributed by atoms with Crippen LogP contribution in [0.4, 0.5) is 0 Å². The third kappa shape index (κ3) is 6.94. The molecule has 144 valence electrons. The molecule has 2 rings (SSSR count). The van der Waals surface area contributed by atoms with E-state index in [2.05, 4.69) is 35.5 Å². The number of nitrogens with one attached hydrogen (secondary N) is 2. The summed E-state index contributed by atoms with van der Waals surface area (Å²) in [7, 11) is 0. The molecule has 0 bridgehead atoms. The molecule has 1 aliphatic heterocycles. The van der Waals surface area contributed by atoms with Gasteiger partial charge in [0.1, 0.15) is 12.4 Å². The van der Waals surface area contributed by atoms with E-state index >= 15 is 0 Å². The summed E-state index contributed by atoms with van der Waals surface area (Å²) in [5.74, 6) is 1.98. The number of guanidine groups is 1. The van der Waals surface area contributed by atoms with Crippen molar-refractivity contribution in [2.75, 3.05) is 39.3 Å². The van der Waals surface area contributed by atoms with Crippen LogP contribution >= 0.6 is 0 Å². The lowest BCUT2D eigenvalue weighted by atomic mass is 10.1. The van der Waals surface area contributed by atoms with Gasteiger partial charge >= 0.3 is 0 Å². The summed E-state index contributed by atoms with van der Waals surface area (Å²) < 4.78 is 5.81. The molecule has 2 N–H and O–H groups in total. The molecule has 6 heteroatoms. The average Bonchev–Trinajstić information content (AvgIpc) is 2.99. The quantitative estimate of drug-likeness (QED) is 0.403. The van der Waals surface area contributed by atoms with Gasteiger partial charge < -0.3 is 20.3 Å². The molecular weight excluding hydrogens is 328 g/mol. The zero-order valence-corrected chi connectivity index (χ0v) is 16.3. The van der Waals surface area contributed by atoms with Crippen LogP contribution in [0, 0.1) is 13.8 Å². The maximum Gasteiger partial charge on any atom is 0.222 e. The minimum atomic E-state index is 0.280. The maximum absolute atomic E-state index is 11.6. The first-order valence-corrected chi connectivity index (χ1v) is 9.59. The van der Waals surface area contributed by atoms with Crippen LogP contribution in [0.3, 0.4) is 0 Å². The summed E-state index contributed by atoms with van der Waals surface area (Å²) >= 11 is 0. The number of likely N-dealkylation sites (tertiary alicyclic amines) is 1. The zero-order valence-electron chi connectivity index (χ0n) is 16.3. The monoisotopic (exact) mass is 360 g/mol. The zero-order chi connectivity index (χ0) is 18.8. The van der Waals surface area contributed by atoms with Crippen molar-refractivity contribution in [3.8, 4) is 5.75 Å². The molecule has 0 spiro atoms. The number of rotatable bonds is 9. The largest absolute Gasteiger partial charge is 0.492 e. The van der Waals surface area contributed by atoms with Gasteiger partial charge in [-0.2, -0.15) is 0 Å². The van der Waals surface area contributed by atoms with Crippen LogP contribution in [-0.4, -0.2) is 56.1 Å². The second-order valence-electron chi connectivity index (χ2n) is 6.70. The Hall–Kier alpha value is -2.24. The van der Waals surface area contributed by atoms with E-state index in [1.54, 1.807) is 0 Å². The fraction of sp³-hybridized carbons (Fsp3) is 0.600. The molecule has 1 aliphatic rings. The van der Waals surface area contributed by atoms with E-state index in [0.717, 1.165) is 44.2 Å². The minimum absolute atomic E-state index is 0.280. The summed E-state index contributed by atoms with van der Waals surface area (Å²) in [6.45, 7) is 10.7. The van der Waals surface area contributed by atoms with Gasteiger partial charge in [-0.3, -0.25) is 9.79 Å². The molecule has 1 aromatic rings. The molecule has 1 fully saturated rings. The smallest absolute Gasteiger partial charge is 0.222 e. The first kappa shape index (κ1) is 20.1. The van der Waals surface area contributed by atoms with Gasteiger partial charge in [0.2, 0.25) is 5.91 Å². The summed E-state index contributed by atoms with van der Waals surface area (Å²) in [4.78, 5) is 18.1. The van der Waals surface area contributed by atoms with E-state index in [1.165, 1.54) is 11.1 Å². The van der Waals surface area contributed by atoms with Gasteiger partial charge in [-0.25, -0.2) is 0 Å². The van der Waals surface area contributed by atoms with Crippen molar-refractivity contribution in [2.24, 2.45) is 4.99 Å². The second-order valence-corrected chi connectivity index (χ2v) is 6.70. The third-order valence-corrected chi connectivity index (χ3v) is 4.23. The first-order valence-electron chi connectivity index (χ1n) is 9.59. The van der Waals surface area contributed by atoms with Crippen LogP contribution in [0.2, 0.25) is 0 Å². The van der Waals surface area contributed by atoms with Gasteiger partial charge in [-0.15, -0.1) is 0 Å². The summed E-state index contributed by atoms with van der Waals surface area (Å²) in [6.07, 6.45) is 2.59. The minimum Gasteiger partial charge on any atom is -0.492 e. The van der Waals surface area contributed by atoms with E-state index < -0.39 is 0 Å². The number of benzene rings is 1. The fourth-order valence-electron chi connectivity index (χ4n) is 3.09. The second kappa shape index (κ2) is 10.7. The lowest BCUT2D eigenvalue weighted by Crippen LogP contribution is -2.39. The van der Waals surface area contributed by atoms with Crippen LogP contribution < -0.4 is 15.4 Å². The molecule has 0 saturated carbocycles. The number of hydrogen-bond acceptors (Lipinski definition) is 3. The number of nitrogens with zero attached hydrogens (tertiary/aromatic N) is 2. The van der Waals surface area contributed by atoms with E-state index in [9.17, 15) is 4.79 Å². The SMILES string of the molecule is CCNC(=NCCCN1CCCC1=O)NCCOc1cc(C)cc(C)c1. The van der Waals surface area contributed by atoms with Crippen LogP contribution in [0.25, 0.3) is 0 Å². The molecule has 1 aromatic carbocycles. The lowest BCUT2D eigenvalue weighted by molar-refractivity contribution is -0.127. The highest BCUT2D eigenvalue weighted by Gasteiger charge is 2.18. The standard InChI is InChI=1S/C20H32N4O2/c1-4-21-20(22-8-6-11-24-10-5-7-19(24)25)23-9-12-26-18-14-16(2)13-17(3)15-18/h13-15H,4-12H2,1-3H3,(H2,21,22,23). The molecule has 0 aliphatic carbocycles. The van der Waals surface area contributed by atoms with Crippen molar-refractivity contribution in [1.82, 2.24) is 15.5 Å². The van der Waals surface area contributed by atoms with Crippen LogP contribution in [0.15, 0.2) is 23.2 Å². The van der Waals surface area contributed by atoms with Crippen LogP contribution in [0.1, 0.15) is 37.3 Å². The number of aliphatic imine (C=N–C) groups is 1. The van der Waals surface area contributed by atoms with E-state index in [-0.39, 0.29) is 5.91 Å². The predicted molar refractivity (Wildman–Crippen MR) is 106 cm³/mol. The highest BCUT2D eigenvalue weighted by molar-refractivity contribution is 5.79. The van der Waals surface area contributed by atoms with Crippen molar-refractivity contribution >= 4 is 11.9 Å². The predicted octanol–water partition coefficient (Wildman–Crippen LogP) is 2.25. The molecule has 1 saturated heterocycles. The Balaban J connectivity index is 1.68. The Morgan fingerprint density at radius 1 is 1.23 bits per heavy atom. The molecule has 1 heterocycles. The highest BCUT2D eigenvalue weighted by atomic mass is 16.5. The summed E-state index contributed by atoms with van der Waals surface area (Å²) in [6, 6.07) is 6.23. The van der Waals surface area contributed by atoms with Gasteiger partial charge in [0.25, 0.3) is 0 Å². The number of hydrogen-bond donors (Lipinski definition) is 2. The number of aryl methyl sites for hydroxylation is 2. The Bertz CT molecular complexity index is 596. The van der Waals surface area contributed by atoms with Crippen molar-refractivity contribution in [3.05, 3.63) is 29.3 Å². The number of carbonyl (C=O) groups is 1. The Morgan fingerprint density at radius 2 is 2.00 bits per heavy atom. The molecule has 6 nitrogen and oxygen atoms in total. The lowest BCUT2D eigenvalue weighted by Gasteiger charge is -2.15. The third-order valence-electron chi connectivity index (χ3n) is 4.23. The molecule has 0 radical (unpaired) electrons. The van der Waals surface area contributed by atoms with Crippen LogP contribution in [0.5, 0.6) is 5.75 Å².